The first-order chi connectivity index (χ1) is 19.2. The summed E-state index contributed by atoms with van der Waals surface area (Å²) < 4.78 is 53.8. The molecular weight excluding hydrogens is 536 g/mol. The molecule has 40 heavy (non-hydrogen) atoms. The number of rotatable bonds is 12. The smallest absolute Gasteiger partial charge is 0.251 e. The molecule has 0 aliphatic carbocycles. The minimum Gasteiger partial charge on any atom is -0.390 e. The first-order valence-corrected chi connectivity index (χ1v) is 15.0. The third kappa shape index (κ3) is 7.72. The van der Waals surface area contributed by atoms with Crippen LogP contribution < -0.4 is 16.0 Å². The fourth-order valence-corrected chi connectivity index (χ4v) is 6.59. The predicted octanol–water partition coefficient (Wildman–Crippen LogP) is 3.15. The number of carbonyl (C=O) groups is 1. The summed E-state index contributed by atoms with van der Waals surface area (Å²) >= 11 is 0. The van der Waals surface area contributed by atoms with Crippen molar-refractivity contribution in [2.75, 3.05) is 19.6 Å². The molecule has 1 aliphatic rings. The number of benzene rings is 3. The number of hydrogen-bond acceptors (Lipinski definition) is 6. The van der Waals surface area contributed by atoms with E-state index in [2.05, 4.69) is 28.9 Å². The number of halogens is 2. The van der Waals surface area contributed by atoms with Crippen LogP contribution >= 0.6 is 0 Å². The van der Waals surface area contributed by atoms with Crippen molar-refractivity contribution in [2.45, 2.75) is 55.0 Å². The summed E-state index contributed by atoms with van der Waals surface area (Å²) in [5, 5.41) is 19.5. The average Bonchev–Trinajstić information content (AvgIpc) is 3.48. The second kappa shape index (κ2) is 13.5. The zero-order valence-corrected chi connectivity index (χ0v) is 23.2. The molecule has 0 radical (unpaired) electrons. The number of aliphatic hydroxyl groups is 1. The number of amides is 1. The summed E-state index contributed by atoms with van der Waals surface area (Å²) in [4.78, 5) is 13.3. The molecule has 1 heterocycles. The van der Waals surface area contributed by atoms with Gasteiger partial charge in [-0.15, -0.1) is 0 Å². The molecule has 0 aromatic heterocycles. The normalized spacial score (nSPS) is 16.9. The van der Waals surface area contributed by atoms with Crippen molar-refractivity contribution in [3.05, 3.63) is 101 Å². The molecule has 1 unspecified atom stereocenters. The Bertz CT molecular complexity index is 1410. The Morgan fingerprint density at radius 2 is 1.75 bits per heavy atom. The number of aryl methyl sites for hydroxylation is 1. The SMILES string of the molecule is CCc1cccc(CNC[C@H](O)[C@H](Cc2cc(F)cc(F)c2)NC(=O)c2cccc(S(=O)(=O)C3CCNC3)c2)c1. The van der Waals surface area contributed by atoms with Crippen LogP contribution in [0.1, 0.15) is 40.4 Å². The Morgan fingerprint density at radius 1 is 1.02 bits per heavy atom. The third-order valence-electron chi connectivity index (χ3n) is 7.12. The van der Waals surface area contributed by atoms with Gasteiger partial charge >= 0.3 is 0 Å². The number of sulfone groups is 1. The molecule has 7 nitrogen and oxygen atoms in total. The van der Waals surface area contributed by atoms with Crippen LogP contribution in [0.15, 0.2) is 71.6 Å². The molecule has 214 valence electrons. The maximum atomic E-state index is 13.9. The van der Waals surface area contributed by atoms with Crippen molar-refractivity contribution < 1.29 is 27.1 Å². The maximum absolute atomic E-state index is 13.9. The van der Waals surface area contributed by atoms with Crippen LogP contribution in [0.5, 0.6) is 0 Å². The Labute approximate surface area is 233 Å². The van der Waals surface area contributed by atoms with Crippen LogP contribution in [-0.2, 0) is 29.2 Å². The molecule has 1 fully saturated rings. The molecule has 3 aromatic rings. The van der Waals surface area contributed by atoms with E-state index >= 15 is 0 Å². The average molecular weight is 572 g/mol. The van der Waals surface area contributed by atoms with Gasteiger partial charge in [-0.3, -0.25) is 4.79 Å². The lowest BCUT2D eigenvalue weighted by molar-refractivity contribution is 0.0829. The second-order valence-corrected chi connectivity index (χ2v) is 12.3. The summed E-state index contributed by atoms with van der Waals surface area (Å²) in [6, 6.07) is 16.0. The van der Waals surface area contributed by atoms with Gasteiger partial charge < -0.3 is 21.1 Å². The summed E-state index contributed by atoms with van der Waals surface area (Å²) in [5.41, 5.74) is 2.60. The van der Waals surface area contributed by atoms with E-state index in [-0.39, 0.29) is 29.0 Å². The monoisotopic (exact) mass is 571 g/mol. The Kier molecular flexibility index (Phi) is 10.0. The Hall–Kier alpha value is -3.18. The van der Waals surface area contributed by atoms with Crippen LogP contribution in [0.2, 0.25) is 0 Å². The topological polar surface area (TPSA) is 108 Å². The van der Waals surface area contributed by atoms with Gasteiger partial charge in [-0.1, -0.05) is 37.3 Å². The minimum absolute atomic E-state index is 0.0413. The second-order valence-electron chi connectivity index (χ2n) is 10.1. The predicted molar refractivity (Wildman–Crippen MR) is 150 cm³/mol. The van der Waals surface area contributed by atoms with Gasteiger partial charge in [0, 0.05) is 31.3 Å². The van der Waals surface area contributed by atoms with E-state index in [1.54, 1.807) is 0 Å². The highest BCUT2D eigenvalue weighted by molar-refractivity contribution is 7.92. The molecule has 3 atom stereocenters. The van der Waals surface area contributed by atoms with Gasteiger partial charge in [-0.2, -0.15) is 0 Å². The lowest BCUT2D eigenvalue weighted by Crippen LogP contribution is -2.48. The molecule has 4 rings (SSSR count). The molecule has 0 bridgehead atoms. The summed E-state index contributed by atoms with van der Waals surface area (Å²) in [5.74, 6) is -2.12. The maximum Gasteiger partial charge on any atom is 0.251 e. The molecule has 0 saturated carbocycles. The van der Waals surface area contributed by atoms with Crippen molar-refractivity contribution in [1.82, 2.24) is 16.0 Å². The fourth-order valence-electron chi connectivity index (χ4n) is 4.88. The van der Waals surface area contributed by atoms with E-state index in [4.69, 9.17) is 0 Å². The standard InChI is InChI=1S/C30H35F2N3O4S/c1-2-20-5-3-6-21(11-20)17-34-19-29(36)28(14-22-12-24(31)16-25(32)13-22)35-30(37)23-7-4-8-26(15-23)40(38,39)27-9-10-33-18-27/h3-8,11-13,15-16,27-29,33-34,36H,2,9-10,14,17-19H2,1H3,(H,35,37)/t27?,28-,29-/m0/s1. The third-order valence-corrected chi connectivity index (χ3v) is 9.31. The zero-order valence-electron chi connectivity index (χ0n) is 22.4. The van der Waals surface area contributed by atoms with Crippen molar-refractivity contribution in [2.24, 2.45) is 0 Å². The molecule has 0 spiro atoms. The van der Waals surface area contributed by atoms with Gasteiger partial charge in [0.05, 0.1) is 22.3 Å². The number of hydrogen-bond donors (Lipinski definition) is 4. The fraction of sp³-hybridized carbons (Fsp3) is 0.367. The lowest BCUT2D eigenvalue weighted by atomic mass is 10.00. The van der Waals surface area contributed by atoms with E-state index in [0.717, 1.165) is 30.2 Å². The van der Waals surface area contributed by atoms with E-state index in [1.807, 2.05) is 18.2 Å². The molecular formula is C30H35F2N3O4S. The summed E-state index contributed by atoms with van der Waals surface area (Å²) in [6.45, 7) is 3.61. The summed E-state index contributed by atoms with van der Waals surface area (Å²) in [7, 11) is -3.63. The minimum atomic E-state index is -3.63. The molecule has 4 N–H and O–H groups in total. The van der Waals surface area contributed by atoms with Gasteiger partial charge in [0.15, 0.2) is 9.84 Å². The molecule has 1 amide bonds. The van der Waals surface area contributed by atoms with E-state index in [0.29, 0.717) is 26.1 Å². The van der Waals surface area contributed by atoms with Gasteiger partial charge in [0.2, 0.25) is 0 Å². The first-order valence-electron chi connectivity index (χ1n) is 13.4. The van der Waals surface area contributed by atoms with Crippen LogP contribution in [0, 0.1) is 11.6 Å². The molecule has 1 saturated heterocycles. The number of aliphatic hydroxyl groups excluding tert-OH is 1. The van der Waals surface area contributed by atoms with Crippen molar-refractivity contribution >= 4 is 15.7 Å². The highest BCUT2D eigenvalue weighted by Gasteiger charge is 2.31. The van der Waals surface area contributed by atoms with Gasteiger partial charge in [0.1, 0.15) is 11.6 Å². The Balaban J connectivity index is 1.50. The van der Waals surface area contributed by atoms with Crippen LogP contribution in [0.25, 0.3) is 0 Å². The van der Waals surface area contributed by atoms with Crippen molar-refractivity contribution in [3.8, 4) is 0 Å². The first kappa shape index (κ1) is 29.8. The van der Waals surface area contributed by atoms with E-state index < -0.39 is 44.8 Å². The van der Waals surface area contributed by atoms with Crippen LogP contribution in [0.4, 0.5) is 8.78 Å². The van der Waals surface area contributed by atoms with Crippen molar-refractivity contribution in [1.29, 1.82) is 0 Å². The molecule has 10 heteroatoms. The van der Waals surface area contributed by atoms with Gasteiger partial charge in [-0.05, 0) is 72.8 Å². The van der Waals surface area contributed by atoms with Crippen LogP contribution in [-0.4, -0.2) is 56.5 Å². The largest absolute Gasteiger partial charge is 0.390 e. The van der Waals surface area contributed by atoms with Gasteiger partial charge in [-0.25, -0.2) is 17.2 Å². The summed E-state index contributed by atoms with van der Waals surface area (Å²) in [6.07, 6.45) is 0.239. The van der Waals surface area contributed by atoms with Gasteiger partial charge in [0.25, 0.3) is 5.91 Å². The van der Waals surface area contributed by atoms with E-state index in [1.165, 1.54) is 29.8 Å². The Morgan fingerprint density at radius 3 is 2.45 bits per heavy atom. The quantitative estimate of drug-likeness (QED) is 0.266. The lowest BCUT2D eigenvalue weighted by Gasteiger charge is -2.25. The van der Waals surface area contributed by atoms with Crippen LogP contribution in [0.3, 0.4) is 0 Å². The number of carbonyl (C=O) groups excluding carboxylic acids is 1. The van der Waals surface area contributed by atoms with E-state index in [9.17, 15) is 27.1 Å². The van der Waals surface area contributed by atoms with Crippen molar-refractivity contribution in [3.63, 3.8) is 0 Å². The molecule has 3 aromatic carbocycles. The highest BCUT2D eigenvalue weighted by atomic mass is 32.2. The zero-order chi connectivity index (χ0) is 28.7. The number of nitrogens with one attached hydrogen (secondary N) is 3. The highest BCUT2D eigenvalue weighted by Crippen LogP contribution is 2.22. The molecule has 1 aliphatic heterocycles.